The largest absolute Gasteiger partial charge is 0.491 e. The molecule has 0 atom stereocenters. The highest BCUT2D eigenvalue weighted by atomic mass is 127. The zero-order chi connectivity index (χ0) is 20.4. The van der Waals surface area contributed by atoms with Crippen molar-refractivity contribution in [1.82, 2.24) is 16.0 Å². The predicted octanol–water partition coefficient (Wildman–Crippen LogP) is 3.59. The van der Waals surface area contributed by atoms with Crippen molar-refractivity contribution in [3.8, 4) is 5.75 Å². The molecule has 1 aromatic rings. The molecule has 0 saturated carbocycles. The minimum absolute atomic E-state index is 0. The lowest BCUT2D eigenvalue weighted by atomic mass is 10.1. The highest BCUT2D eigenvalue weighted by molar-refractivity contribution is 14.0. The van der Waals surface area contributed by atoms with Crippen LogP contribution in [0.1, 0.15) is 45.7 Å². The predicted molar refractivity (Wildman–Crippen MR) is 125 cm³/mol. The third-order valence-electron chi connectivity index (χ3n) is 3.34. The molecular weight excluding hydrogens is 471 g/mol. The summed E-state index contributed by atoms with van der Waals surface area (Å²) in [4.78, 5) is 15.8. The molecule has 1 amide bonds. The van der Waals surface area contributed by atoms with Crippen LogP contribution in [0.4, 0.5) is 4.79 Å². The maximum Gasteiger partial charge on any atom is 0.407 e. The Labute approximate surface area is 186 Å². The Bertz CT molecular complexity index is 643. The van der Waals surface area contributed by atoms with Gasteiger partial charge in [0.25, 0.3) is 0 Å². The number of rotatable bonds is 7. The number of alkyl carbamates (subject to hydrolysis) is 1. The van der Waals surface area contributed by atoms with Crippen molar-refractivity contribution in [2.24, 2.45) is 4.99 Å². The van der Waals surface area contributed by atoms with E-state index in [9.17, 15) is 4.79 Å². The summed E-state index contributed by atoms with van der Waals surface area (Å²) < 4.78 is 11.1. The van der Waals surface area contributed by atoms with Crippen LogP contribution in [0.3, 0.4) is 0 Å². The van der Waals surface area contributed by atoms with Crippen molar-refractivity contribution in [2.45, 2.75) is 59.8 Å². The molecule has 28 heavy (non-hydrogen) atoms. The second-order valence-electron chi connectivity index (χ2n) is 7.56. The van der Waals surface area contributed by atoms with Crippen LogP contribution in [0.15, 0.2) is 23.2 Å². The zero-order valence-corrected chi connectivity index (χ0v) is 20.3. The minimum Gasteiger partial charge on any atom is -0.491 e. The standard InChI is InChI=1S/C20H34N4O3.HI/c1-14(2)26-17-12-15(3)8-9-16(17)13-24-18(21-7)22-10-11-23-19(25)27-20(4,5)6;/h8-9,12,14H,10-11,13H2,1-7H3,(H,23,25)(H2,21,22,24);1H. The van der Waals surface area contributed by atoms with Crippen LogP contribution in [0.25, 0.3) is 0 Å². The fourth-order valence-corrected chi connectivity index (χ4v) is 2.23. The molecule has 0 radical (unpaired) electrons. The first kappa shape index (κ1) is 26.3. The number of nitrogens with zero attached hydrogens (tertiary/aromatic N) is 1. The molecule has 0 unspecified atom stereocenters. The highest BCUT2D eigenvalue weighted by Crippen LogP contribution is 2.21. The summed E-state index contributed by atoms with van der Waals surface area (Å²) in [6.07, 6.45) is -0.315. The number of carbonyl (C=O) groups excluding carboxylic acids is 1. The van der Waals surface area contributed by atoms with Gasteiger partial charge in [0.15, 0.2) is 5.96 Å². The summed E-state index contributed by atoms with van der Waals surface area (Å²) in [5.74, 6) is 1.52. The summed E-state index contributed by atoms with van der Waals surface area (Å²) in [5.41, 5.74) is 1.72. The Hall–Kier alpha value is -1.71. The van der Waals surface area contributed by atoms with Gasteiger partial charge in [0.2, 0.25) is 0 Å². The molecule has 160 valence electrons. The van der Waals surface area contributed by atoms with Crippen LogP contribution < -0.4 is 20.7 Å². The first-order valence-electron chi connectivity index (χ1n) is 9.28. The van der Waals surface area contributed by atoms with E-state index in [1.54, 1.807) is 7.05 Å². The van der Waals surface area contributed by atoms with Crippen LogP contribution >= 0.6 is 24.0 Å². The average Bonchev–Trinajstić information content (AvgIpc) is 2.53. The third kappa shape index (κ3) is 11.2. The number of carbonyl (C=O) groups is 1. The van der Waals surface area contributed by atoms with Gasteiger partial charge in [-0.15, -0.1) is 24.0 Å². The van der Waals surface area contributed by atoms with Gasteiger partial charge in [0.05, 0.1) is 6.10 Å². The van der Waals surface area contributed by atoms with Crippen molar-refractivity contribution in [3.63, 3.8) is 0 Å². The third-order valence-corrected chi connectivity index (χ3v) is 3.34. The molecule has 1 aromatic carbocycles. The van der Waals surface area contributed by atoms with E-state index in [2.05, 4.69) is 33.1 Å². The normalized spacial score (nSPS) is 11.5. The van der Waals surface area contributed by atoms with E-state index in [-0.39, 0.29) is 30.1 Å². The molecule has 7 nitrogen and oxygen atoms in total. The van der Waals surface area contributed by atoms with Gasteiger partial charge in [0, 0.05) is 32.2 Å². The van der Waals surface area contributed by atoms with Crippen LogP contribution in [0, 0.1) is 6.92 Å². The molecule has 0 aromatic heterocycles. The van der Waals surface area contributed by atoms with Gasteiger partial charge in [-0.1, -0.05) is 12.1 Å². The van der Waals surface area contributed by atoms with Gasteiger partial charge in [-0.3, -0.25) is 4.99 Å². The monoisotopic (exact) mass is 506 g/mol. The number of benzene rings is 1. The second-order valence-corrected chi connectivity index (χ2v) is 7.56. The molecule has 0 fully saturated rings. The fraction of sp³-hybridized carbons (Fsp3) is 0.600. The van der Waals surface area contributed by atoms with Crippen LogP contribution in [-0.2, 0) is 11.3 Å². The summed E-state index contributed by atoms with van der Waals surface area (Å²) in [6, 6.07) is 6.15. The van der Waals surface area contributed by atoms with E-state index in [1.165, 1.54) is 0 Å². The van der Waals surface area contributed by atoms with Crippen molar-refractivity contribution < 1.29 is 14.3 Å². The molecule has 8 heteroatoms. The van der Waals surface area contributed by atoms with Gasteiger partial charge in [-0.25, -0.2) is 4.79 Å². The average molecular weight is 506 g/mol. The number of guanidine groups is 1. The van der Waals surface area contributed by atoms with E-state index in [1.807, 2.05) is 47.6 Å². The number of aryl methyl sites for hydroxylation is 1. The number of hydrogen-bond donors (Lipinski definition) is 3. The SMILES string of the molecule is CN=C(NCCNC(=O)OC(C)(C)C)NCc1ccc(C)cc1OC(C)C.I. The molecule has 1 rings (SSSR count). The number of hydrogen-bond acceptors (Lipinski definition) is 4. The van der Waals surface area contributed by atoms with Crippen molar-refractivity contribution in [2.75, 3.05) is 20.1 Å². The van der Waals surface area contributed by atoms with E-state index < -0.39 is 11.7 Å². The summed E-state index contributed by atoms with van der Waals surface area (Å²) in [5, 5.41) is 9.12. The lowest BCUT2D eigenvalue weighted by Gasteiger charge is -2.20. The van der Waals surface area contributed by atoms with Gasteiger partial charge in [-0.2, -0.15) is 0 Å². The highest BCUT2D eigenvalue weighted by Gasteiger charge is 2.15. The maximum atomic E-state index is 11.6. The van der Waals surface area contributed by atoms with Crippen LogP contribution in [0.2, 0.25) is 0 Å². The zero-order valence-electron chi connectivity index (χ0n) is 18.0. The Morgan fingerprint density at radius 2 is 1.79 bits per heavy atom. The van der Waals surface area contributed by atoms with E-state index in [4.69, 9.17) is 9.47 Å². The fourth-order valence-electron chi connectivity index (χ4n) is 2.23. The van der Waals surface area contributed by atoms with Crippen molar-refractivity contribution >= 4 is 36.0 Å². The lowest BCUT2D eigenvalue weighted by molar-refractivity contribution is 0.0529. The molecule has 0 spiro atoms. The Kier molecular flexibility index (Phi) is 11.9. The Morgan fingerprint density at radius 3 is 2.36 bits per heavy atom. The molecular formula is C20H35IN4O3. The summed E-state index contributed by atoms with van der Waals surface area (Å²) in [6.45, 7) is 13.1. The van der Waals surface area contributed by atoms with Gasteiger partial charge in [-0.05, 0) is 53.2 Å². The van der Waals surface area contributed by atoms with Crippen molar-refractivity contribution in [3.05, 3.63) is 29.3 Å². The van der Waals surface area contributed by atoms with Crippen LogP contribution in [-0.4, -0.2) is 43.9 Å². The smallest absolute Gasteiger partial charge is 0.407 e. The van der Waals surface area contributed by atoms with Crippen LogP contribution in [0.5, 0.6) is 5.75 Å². The van der Waals surface area contributed by atoms with E-state index in [0.717, 1.165) is 16.9 Å². The van der Waals surface area contributed by atoms with E-state index >= 15 is 0 Å². The summed E-state index contributed by atoms with van der Waals surface area (Å²) >= 11 is 0. The van der Waals surface area contributed by atoms with E-state index in [0.29, 0.717) is 25.6 Å². The quantitative estimate of drug-likeness (QED) is 0.228. The summed E-state index contributed by atoms with van der Waals surface area (Å²) in [7, 11) is 1.71. The number of halogens is 1. The molecule has 0 saturated heterocycles. The minimum atomic E-state index is -0.501. The number of amides is 1. The Balaban J connectivity index is 0.00000729. The molecule has 0 aliphatic heterocycles. The van der Waals surface area contributed by atoms with Crippen molar-refractivity contribution in [1.29, 1.82) is 0 Å². The lowest BCUT2D eigenvalue weighted by Crippen LogP contribution is -2.42. The van der Waals surface area contributed by atoms with Gasteiger partial charge in [0.1, 0.15) is 11.4 Å². The molecule has 0 bridgehead atoms. The van der Waals surface area contributed by atoms with Gasteiger partial charge < -0.3 is 25.4 Å². The number of ether oxygens (including phenoxy) is 2. The molecule has 0 heterocycles. The first-order valence-corrected chi connectivity index (χ1v) is 9.28. The van der Waals surface area contributed by atoms with Gasteiger partial charge >= 0.3 is 6.09 Å². The number of nitrogens with one attached hydrogen (secondary N) is 3. The second kappa shape index (κ2) is 12.7. The Morgan fingerprint density at radius 1 is 1.14 bits per heavy atom. The molecule has 3 N–H and O–H groups in total. The maximum absolute atomic E-state index is 11.6. The topological polar surface area (TPSA) is 84.0 Å². The first-order chi connectivity index (χ1) is 12.6. The molecule has 0 aliphatic rings. The molecule has 0 aliphatic carbocycles. The number of aliphatic imine (C=N–C) groups is 1.